The van der Waals surface area contributed by atoms with Gasteiger partial charge < -0.3 is 4.90 Å². The highest BCUT2D eigenvalue weighted by Gasteiger charge is 2.25. The number of halogens is 1. The van der Waals surface area contributed by atoms with Crippen molar-refractivity contribution < 1.29 is 0 Å². The lowest BCUT2D eigenvalue weighted by Gasteiger charge is -2.39. The summed E-state index contributed by atoms with van der Waals surface area (Å²) in [5, 5.41) is 5.40. The van der Waals surface area contributed by atoms with E-state index in [1.54, 1.807) is 11.3 Å². The highest BCUT2D eigenvalue weighted by Crippen LogP contribution is 2.32. The van der Waals surface area contributed by atoms with Gasteiger partial charge in [0.1, 0.15) is 0 Å². The molecule has 0 aliphatic carbocycles. The number of aromatic nitrogens is 3. The normalized spacial score (nSPS) is 19.3. The third-order valence-corrected chi connectivity index (χ3v) is 6.09. The fourth-order valence-electron chi connectivity index (χ4n) is 3.21. The van der Waals surface area contributed by atoms with E-state index < -0.39 is 0 Å². The zero-order chi connectivity index (χ0) is 16.7. The first kappa shape index (κ1) is 16.1. The van der Waals surface area contributed by atoms with Crippen LogP contribution in [0.15, 0.2) is 35.1 Å². The summed E-state index contributed by atoms with van der Waals surface area (Å²) in [6, 6.07) is 6.79. The van der Waals surface area contributed by atoms with E-state index >= 15 is 0 Å². The Morgan fingerprint density at radius 1 is 1.33 bits per heavy atom. The largest absolute Gasteiger partial charge is 0.345 e. The standard InChI is InChI=1S/C17H20BrN5S/c1-12-9-23(6-5-22(12)11-13-8-19-21(2)10-13)17-20-15-4-3-14(18)7-16(15)24-17/h3-4,7-8,10,12H,5-6,9,11H2,1-2H3. The van der Waals surface area contributed by atoms with E-state index in [1.807, 2.05) is 17.9 Å². The van der Waals surface area contributed by atoms with E-state index in [4.69, 9.17) is 4.98 Å². The first-order valence-corrected chi connectivity index (χ1v) is 9.72. The summed E-state index contributed by atoms with van der Waals surface area (Å²) in [7, 11) is 1.97. The first-order valence-electron chi connectivity index (χ1n) is 8.11. The van der Waals surface area contributed by atoms with Crippen molar-refractivity contribution in [2.45, 2.75) is 19.5 Å². The van der Waals surface area contributed by atoms with Crippen LogP contribution in [0.2, 0.25) is 0 Å². The van der Waals surface area contributed by atoms with Crippen LogP contribution in [-0.4, -0.2) is 45.3 Å². The van der Waals surface area contributed by atoms with Crippen LogP contribution in [0.1, 0.15) is 12.5 Å². The number of hydrogen-bond donors (Lipinski definition) is 0. The molecule has 7 heteroatoms. The molecular weight excluding hydrogens is 386 g/mol. The molecule has 1 fully saturated rings. The van der Waals surface area contributed by atoms with E-state index in [-0.39, 0.29) is 0 Å². The van der Waals surface area contributed by atoms with Crippen LogP contribution >= 0.6 is 27.3 Å². The number of rotatable bonds is 3. The average Bonchev–Trinajstić information content (AvgIpc) is 3.15. The van der Waals surface area contributed by atoms with Crippen molar-refractivity contribution in [3.05, 3.63) is 40.6 Å². The minimum atomic E-state index is 0.498. The topological polar surface area (TPSA) is 37.2 Å². The number of fused-ring (bicyclic) bond motifs is 1. The molecule has 1 aromatic carbocycles. The molecule has 4 rings (SSSR count). The molecule has 1 unspecified atom stereocenters. The number of piperazine rings is 1. The lowest BCUT2D eigenvalue weighted by atomic mass is 10.2. The van der Waals surface area contributed by atoms with Gasteiger partial charge in [0.25, 0.3) is 0 Å². The molecule has 0 bridgehead atoms. The second-order valence-electron chi connectivity index (χ2n) is 6.40. The van der Waals surface area contributed by atoms with Crippen molar-refractivity contribution in [1.29, 1.82) is 0 Å². The number of nitrogens with zero attached hydrogens (tertiary/aromatic N) is 5. The Hall–Kier alpha value is -1.44. The van der Waals surface area contributed by atoms with Gasteiger partial charge in [-0.2, -0.15) is 5.10 Å². The molecule has 3 heterocycles. The van der Waals surface area contributed by atoms with Crippen LogP contribution in [0, 0.1) is 0 Å². The van der Waals surface area contributed by atoms with Crippen molar-refractivity contribution in [3.8, 4) is 0 Å². The Kier molecular flexibility index (Phi) is 4.32. The van der Waals surface area contributed by atoms with Gasteiger partial charge in [-0.1, -0.05) is 27.3 Å². The third-order valence-electron chi connectivity index (χ3n) is 4.52. The SMILES string of the molecule is CC1CN(c2nc3ccc(Br)cc3s2)CCN1Cc1cnn(C)c1. The van der Waals surface area contributed by atoms with Gasteiger partial charge in [-0.15, -0.1) is 0 Å². The van der Waals surface area contributed by atoms with Gasteiger partial charge in [-0.05, 0) is 25.1 Å². The van der Waals surface area contributed by atoms with E-state index in [1.165, 1.54) is 10.3 Å². The van der Waals surface area contributed by atoms with E-state index in [0.29, 0.717) is 6.04 Å². The van der Waals surface area contributed by atoms with Gasteiger partial charge in [0.2, 0.25) is 0 Å². The molecule has 2 aromatic heterocycles. The molecular formula is C17H20BrN5S. The summed E-state index contributed by atoms with van der Waals surface area (Å²) >= 11 is 5.32. The molecule has 24 heavy (non-hydrogen) atoms. The van der Waals surface area contributed by atoms with Crippen molar-refractivity contribution in [2.75, 3.05) is 24.5 Å². The summed E-state index contributed by atoms with van der Waals surface area (Å²) in [6.07, 6.45) is 4.06. The monoisotopic (exact) mass is 405 g/mol. The lowest BCUT2D eigenvalue weighted by molar-refractivity contribution is 0.181. The molecule has 1 atom stereocenters. The van der Waals surface area contributed by atoms with Gasteiger partial charge in [-0.3, -0.25) is 9.58 Å². The van der Waals surface area contributed by atoms with Crippen LogP contribution < -0.4 is 4.90 Å². The number of benzene rings is 1. The number of aryl methyl sites for hydroxylation is 1. The predicted molar refractivity (Wildman–Crippen MR) is 103 cm³/mol. The molecule has 1 aliphatic heterocycles. The first-order chi connectivity index (χ1) is 11.6. The second-order valence-corrected chi connectivity index (χ2v) is 8.32. The van der Waals surface area contributed by atoms with Crippen LogP contribution in [0.5, 0.6) is 0 Å². The third kappa shape index (κ3) is 3.20. The molecule has 0 N–H and O–H groups in total. The molecule has 0 saturated carbocycles. The molecule has 0 amide bonds. The van der Waals surface area contributed by atoms with Gasteiger partial charge in [0, 0.05) is 55.5 Å². The fourth-order valence-corrected chi connectivity index (χ4v) is 4.77. The Balaban J connectivity index is 1.47. The lowest BCUT2D eigenvalue weighted by Crippen LogP contribution is -2.51. The zero-order valence-corrected chi connectivity index (χ0v) is 16.2. The minimum absolute atomic E-state index is 0.498. The summed E-state index contributed by atoms with van der Waals surface area (Å²) in [4.78, 5) is 9.76. The molecule has 0 radical (unpaired) electrons. The number of thiazole rings is 1. The zero-order valence-electron chi connectivity index (χ0n) is 13.8. The summed E-state index contributed by atoms with van der Waals surface area (Å²) in [5.74, 6) is 0. The van der Waals surface area contributed by atoms with Crippen LogP contribution in [0.25, 0.3) is 10.2 Å². The Labute approximate surface area is 154 Å². The summed E-state index contributed by atoms with van der Waals surface area (Å²) in [5.41, 5.74) is 2.37. The highest BCUT2D eigenvalue weighted by atomic mass is 79.9. The molecule has 1 saturated heterocycles. The number of hydrogen-bond acceptors (Lipinski definition) is 5. The van der Waals surface area contributed by atoms with Gasteiger partial charge in [-0.25, -0.2) is 4.98 Å². The van der Waals surface area contributed by atoms with E-state index in [2.05, 4.69) is 62.1 Å². The molecule has 1 aliphatic rings. The van der Waals surface area contributed by atoms with Crippen molar-refractivity contribution >= 4 is 42.6 Å². The molecule has 5 nitrogen and oxygen atoms in total. The number of anilines is 1. The Bertz CT molecular complexity index is 858. The highest BCUT2D eigenvalue weighted by molar-refractivity contribution is 9.10. The van der Waals surface area contributed by atoms with Crippen LogP contribution in [0.3, 0.4) is 0 Å². The Morgan fingerprint density at radius 2 is 2.21 bits per heavy atom. The molecule has 0 spiro atoms. The van der Waals surface area contributed by atoms with Crippen LogP contribution in [0.4, 0.5) is 5.13 Å². The quantitative estimate of drug-likeness (QED) is 0.667. The maximum absolute atomic E-state index is 4.82. The fraction of sp³-hybridized carbons (Fsp3) is 0.412. The van der Waals surface area contributed by atoms with Crippen molar-refractivity contribution in [2.24, 2.45) is 7.05 Å². The van der Waals surface area contributed by atoms with E-state index in [9.17, 15) is 0 Å². The predicted octanol–water partition coefficient (Wildman–Crippen LogP) is 3.50. The van der Waals surface area contributed by atoms with E-state index in [0.717, 1.165) is 41.3 Å². The van der Waals surface area contributed by atoms with Crippen molar-refractivity contribution in [3.63, 3.8) is 0 Å². The van der Waals surface area contributed by atoms with Gasteiger partial charge in [0.05, 0.1) is 16.4 Å². The van der Waals surface area contributed by atoms with Gasteiger partial charge >= 0.3 is 0 Å². The summed E-state index contributed by atoms with van der Waals surface area (Å²) < 4.78 is 4.22. The second kappa shape index (κ2) is 6.46. The maximum Gasteiger partial charge on any atom is 0.186 e. The average molecular weight is 406 g/mol. The van der Waals surface area contributed by atoms with Gasteiger partial charge in [0.15, 0.2) is 5.13 Å². The van der Waals surface area contributed by atoms with Crippen LogP contribution in [-0.2, 0) is 13.6 Å². The molecule has 3 aromatic rings. The summed E-state index contributed by atoms with van der Waals surface area (Å²) in [6.45, 7) is 6.35. The molecule has 126 valence electrons. The minimum Gasteiger partial charge on any atom is -0.345 e. The van der Waals surface area contributed by atoms with Crippen molar-refractivity contribution in [1.82, 2.24) is 19.7 Å². The maximum atomic E-state index is 4.82. The Morgan fingerprint density at radius 3 is 2.96 bits per heavy atom. The smallest absolute Gasteiger partial charge is 0.186 e.